The van der Waals surface area contributed by atoms with Crippen molar-refractivity contribution in [3.63, 3.8) is 0 Å². The van der Waals surface area contributed by atoms with Crippen molar-refractivity contribution in [2.24, 2.45) is 11.3 Å². The molecule has 284 valence electrons. The molecule has 9 rings (SSSR count). The SMILES string of the molecule is COc1nc(-c2c(Cl)c(C)cc3[nH]ncc23)c(F)c2nc(OC[C@]34CCC[C@H]3N(CC3CC5(C3)OCCO5)CCC4)nc(N3CCOC[C@@](C)(O)C3)c12. The van der Waals surface area contributed by atoms with E-state index in [1.807, 2.05) is 17.9 Å². The molecule has 5 aliphatic rings. The lowest BCUT2D eigenvalue weighted by molar-refractivity contribution is -0.234. The highest BCUT2D eigenvalue weighted by Crippen LogP contribution is 2.51. The van der Waals surface area contributed by atoms with Crippen LogP contribution >= 0.6 is 11.6 Å². The number of pyridine rings is 1. The van der Waals surface area contributed by atoms with Crippen molar-refractivity contribution in [3.05, 3.63) is 28.7 Å². The Morgan fingerprint density at radius 1 is 1.11 bits per heavy atom. The molecular weight excluding hydrogens is 705 g/mol. The zero-order chi connectivity index (χ0) is 36.5. The van der Waals surface area contributed by atoms with Crippen LogP contribution < -0.4 is 14.4 Å². The number of aliphatic hydroxyl groups is 1. The second-order valence-corrected chi connectivity index (χ2v) is 16.4. The van der Waals surface area contributed by atoms with Crippen LogP contribution in [-0.2, 0) is 14.2 Å². The maximum absolute atomic E-state index is 17.2. The lowest BCUT2D eigenvalue weighted by atomic mass is 9.73. The molecule has 6 heterocycles. The number of piperidine rings is 1. The summed E-state index contributed by atoms with van der Waals surface area (Å²) in [7, 11) is 1.48. The summed E-state index contributed by atoms with van der Waals surface area (Å²) in [4.78, 5) is 19.0. The second kappa shape index (κ2) is 13.4. The van der Waals surface area contributed by atoms with Gasteiger partial charge in [0, 0.05) is 48.3 Å². The number of nitrogens with one attached hydrogen (secondary N) is 1. The Bertz CT molecular complexity index is 2030. The van der Waals surface area contributed by atoms with Crippen molar-refractivity contribution in [1.82, 2.24) is 30.0 Å². The minimum absolute atomic E-state index is 0.00752. The molecule has 2 N–H and O–H groups in total. The van der Waals surface area contributed by atoms with Crippen molar-refractivity contribution < 1.29 is 33.2 Å². The topological polar surface area (TPSA) is 140 Å². The molecule has 0 unspecified atom stereocenters. The molecule has 3 aliphatic heterocycles. The zero-order valence-corrected chi connectivity index (χ0v) is 31.3. The molecule has 13 nitrogen and oxygen atoms in total. The normalized spacial score (nSPS) is 27.7. The molecule has 53 heavy (non-hydrogen) atoms. The molecule has 5 fully saturated rings. The third-order valence-electron chi connectivity index (χ3n) is 12.2. The fourth-order valence-corrected chi connectivity index (χ4v) is 10.0. The summed E-state index contributed by atoms with van der Waals surface area (Å²) in [6.45, 7) is 8.51. The Labute approximate surface area is 312 Å². The Balaban J connectivity index is 1.09. The van der Waals surface area contributed by atoms with Gasteiger partial charge >= 0.3 is 6.01 Å². The van der Waals surface area contributed by atoms with E-state index in [9.17, 15) is 5.11 Å². The van der Waals surface area contributed by atoms with E-state index < -0.39 is 11.4 Å². The summed E-state index contributed by atoms with van der Waals surface area (Å²) in [6.07, 6.45) is 8.92. The van der Waals surface area contributed by atoms with Crippen LogP contribution in [0.3, 0.4) is 0 Å². The number of hydrogen-bond acceptors (Lipinski definition) is 12. The molecule has 1 spiro atoms. The maximum Gasteiger partial charge on any atom is 0.319 e. The van der Waals surface area contributed by atoms with Gasteiger partial charge in [0.15, 0.2) is 11.6 Å². The number of benzene rings is 1. The monoisotopic (exact) mass is 751 g/mol. The first-order valence-electron chi connectivity index (χ1n) is 18.9. The standard InChI is InChI=1S/C38H47ClFN7O6/c1-22-14-25-24(17-41-45-25)27(29(22)39)31-30(40)32-28(34(42-31)49-3)33(47-10-11-50-20-36(2,48)19-47)44-35(43-32)51-21-37-7-4-6-26(37)46(9-5-8-37)18-23-15-38(16-23)52-12-13-53-38/h14,17,23,26,48H,4-13,15-16,18-21H2,1-3H3,(H,41,45)/t26-,36+,37-/m1/s1. The van der Waals surface area contributed by atoms with Crippen LogP contribution in [-0.4, -0.2) is 119 Å². The van der Waals surface area contributed by atoms with Gasteiger partial charge < -0.3 is 33.7 Å². The van der Waals surface area contributed by atoms with E-state index in [0.717, 1.165) is 63.6 Å². The van der Waals surface area contributed by atoms with Gasteiger partial charge in [-0.25, -0.2) is 9.37 Å². The van der Waals surface area contributed by atoms with E-state index in [-0.39, 0.29) is 52.8 Å². The van der Waals surface area contributed by atoms with Crippen molar-refractivity contribution in [1.29, 1.82) is 0 Å². The lowest BCUT2D eigenvalue weighted by Gasteiger charge is -2.50. The van der Waals surface area contributed by atoms with Crippen molar-refractivity contribution in [2.45, 2.75) is 76.2 Å². The molecule has 0 radical (unpaired) electrons. The average Bonchev–Trinajstić information content (AvgIpc) is 3.88. The van der Waals surface area contributed by atoms with Gasteiger partial charge in [0.2, 0.25) is 5.88 Å². The number of aromatic nitrogens is 5. The van der Waals surface area contributed by atoms with Gasteiger partial charge in [-0.1, -0.05) is 18.0 Å². The van der Waals surface area contributed by atoms with Gasteiger partial charge in [0.1, 0.15) is 28.0 Å². The predicted molar refractivity (Wildman–Crippen MR) is 196 cm³/mol. The number of H-pyrrole nitrogens is 1. The summed E-state index contributed by atoms with van der Waals surface area (Å²) in [5.41, 5.74) is 0.549. The first kappa shape index (κ1) is 35.3. The molecule has 3 atom stereocenters. The highest BCUT2D eigenvalue weighted by atomic mass is 35.5. The number of fused-ring (bicyclic) bond motifs is 3. The number of methoxy groups -OCH3 is 1. The Morgan fingerprint density at radius 2 is 1.92 bits per heavy atom. The van der Waals surface area contributed by atoms with E-state index >= 15 is 4.39 Å². The van der Waals surface area contributed by atoms with Gasteiger partial charge in [-0.05, 0) is 63.6 Å². The van der Waals surface area contributed by atoms with Crippen LogP contribution in [0.25, 0.3) is 33.1 Å². The quantitative estimate of drug-likeness (QED) is 0.237. The lowest BCUT2D eigenvalue weighted by Crippen LogP contribution is -2.56. The van der Waals surface area contributed by atoms with E-state index in [2.05, 4.69) is 15.1 Å². The van der Waals surface area contributed by atoms with Crippen LogP contribution in [0.2, 0.25) is 5.02 Å². The summed E-state index contributed by atoms with van der Waals surface area (Å²) in [6, 6.07) is 2.31. The smallest absolute Gasteiger partial charge is 0.319 e. The van der Waals surface area contributed by atoms with Crippen LogP contribution in [0, 0.1) is 24.1 Å². The first-order valence-corrected chi connectivity index (χ1v) is 19.2. The molecule has 0 bridgehead atoms. The number of aromatic amines is 1. The fourth-order valence-electron chi connectivity index (χ4n) is 9.78. The van der Waals surface area contributed by atoms with Crippen molar-refractivity contribution in [2.75, 3.05) is 71.2 Å². The molecule has 0 amide bonds. The summed E-state index contributed by atoms with van der Waals surface area (Å²) >= 11 is 6.88. The number of halogens is 2. The number of β-amino-alcohol motifs (C(OH)–C–C–N with tert-alkyl or cyclic N) is 1. The minimum atomic E-state index is -1.19. The number of likely N-dealkylation sites (tertiary alicyclic amines) is 1. The highest BCUT2D eigenvalue weighted by molar-refractivity contribution is 6.35. The van der Waals surface area contributed by atoms with Crippen molar-refractivity contribution >= 4 is 39.2 Å². The van der Waals surface area contributed by atoms with Crippen molar-refractivity contribution in [3.8, 4) is 23.1 Å². The minimum Gasteiger partial charge on any atom is -0.480 e. The Kier molecular flexibility index (Phi) is 8.94. The number of nitrogens with zero attached hydrogens (tertiary/aromatic N) is 6. The zero-order valence-electron chi connectivity index (χ0n) is 30.6. The van der Waals surface area contributed by atoms with E-state index in [0.29, 0.717) is 72.2 Å². The molecule has 1 aromatic carbocycles. The van der Waals surface area contributed by atoms with Crippen LogP contribution in [0.4, 0.5) is 10.2 Å². The van der Waals surface area contributed by atoms with Gasteiger partial charge in [-0.15, -0.1) is 0 Å². The van der Waals surface area contributed by atoms with E-state index in [1.165, 1.54) is 7.11 Å². The number of hydrogen-bond donors (Lipinski definition) is 2. The van der Waals surface area contributed by atoms with Crippen LogP contribution in [0.5, 0.6) is 11.9 Å². The summed E-state index contributed by atoms with van der Waals surface area (Å²) < 4.78 is 47.3. The molecule has 2 saturated carbocycles. The highest BCUT2D eigenvalue weighted by Gasteiger charge is 2.53. The number of anilines is 1. The number of aryl methyl sites for hydroxylation is 1. The third kappa shape index (κ3) is 6.19. The van der Waals surface area contributed by atoms with E-state index in [1.54, 1.807) is 13.1 Å². The van der Waals surface area contributed by atoms with Gasteiger partial charge in [0.05, 0.1) is 63.4 Å². The molecular formula is C38H47ClFN7O6. The molecule has 15 heteroatoms. The largest absolute Gasteiger partial charge is 0.480 e. The Hall–Kier alpha value is -3.40. The van der Waals surface area contributed by atoms with Crippen LogP contribution in [0.15, 0.2) is 12.3 Å². The van der Waals surface area contributed by atoms with Gasteiger partial charge in [0.25, 0.3) is 0 Å². The summed E-state index contributed by atoms with van der Waals surface area (Å²) in [5.74, 6) is 0.00146. The number of ether oxygens (including phenoxy) is 5. The first-order chi connectivity index (χ1) is 25.6. The van der Waals surface area contributed by atoms with Crippen LogP contribution in [0.1, 0.15) is 57.4 Å². The molecule has 4 aromatic rings. The molecule has 3 aromatic heterocycles. The van der Waals surface area contributed by atoms with Gasteiger partial charge in [-0.2, -0.15) is 15.1 Å². The third-order valence-corrected chi connectivity index (χ3v) is 12.7. The van der Waals surface area contributed by atoms with E-state index in [4.69, 9.17) is 50.2 Å². The predicted octanol–water partition coefficient (Wildman–Crippen LogP) is 5.43. The Morgan fingerprint density at radius 3 is 2.74 bits per heavy atom. The second-order valence-electron chi connectivity index (χ2n) is 16.1. The van der Waals surface area contributed by atoms with Gasteiger partial charge in [-0.3, -0.25) is 10.00 Å². The number of rotatable bonds is 8. The molecule has 2 aliphatic carbocycles. The maximum atomic E-state index is 17.2. The average molecular weight is 752 g/mol. The molecule has 3 saturated heterocycles. The fraction of sp³-hybridized carbons (Fsp3) is 0.632. The summed E-state index contributed by atoms with van der Waals surface area (Å²) in [5, 5.41) is 19.6.